The summed E-state index contributed by atoms with van der Waals surface area (Å²) in [7, 11) is 0. The van der Waals surface area contributed by atoms with Crippen LogP contribution in [0.25, 0.3) is 10.9 Å². The van der Waals surface area contributed by atoms with E-state index in [0.717, 1.165) is 25.1 Å². The molecule has 1 amide bonds. The van der Waals surface area contributed by atoms with E-state index in [1.54, 1.807) is 23.1 Å². The highest BCUT2D eigenvalue weighted by Gasteiger charge is 2.34. The minimum absolute atomic E-state index is 0.0413. The van der Waals surface area contributed by atoms with Crippen molar-refractivity contribution < 1.29 is 22.4 Å². The SMILES string of the molecule is Nc1cc(C(=O)N2CCCCC2c2nn(Cc3ccc(C(F)(F)F)cn3)c3cccc(F)c23)ccn1. The van der Waals surface area contributed by atoms with E-state index in [2.05, 4.69) is 15.1 Å². The molecule has 4 aromatic rings. The third kappa shape index (κ3) is 4.48. The minimum atomic E-state index is -4.49. The molecule has 1 atom stereocenters. The Labute approximate surface area is 203 Å². The first-order valence-electron chi connectivity index (χ1n) is 11.4. The standard InChI is InChI=1S/C25H22F4N6O/c26-18-4-3-6-19-22(18)23(33-35(19)14-17-8-7-16(13-32-17)25(27,28)29)20-5-1-2-11-34(20)24(36)15-9-10-31-21(30)12-15/h3-4,6-10,12-13,20H,1-2,5,11,14H2,(H2,30,31). The van der Waals surface area contributed by atoms with Gasteiger partial charge in [0.05, 0.1) is 40.4 Å². The Hall–Kier alpha value is -4.02. The van der Waals surface area contributed by atoms with Crippen molar-refractivity contribution in [3.63, 3.8) is 0 Å². The number of hydrogen-bond acceptors (Lipinski definition) is 5. The van der Waals surface area contributed by atoms with Crippen LogP contribution in [0.3, 0.4) is 0 Å². The van der Waals surface area contributed by atoms with Crippen molar-refractivity contribution in [1.29, 1.82) is 0 Å². The van der Waals surface area contributed by atoms with E-state index >= 15 is 4.39 Å². The lowest BCUT2D eigenvalue weighted by atomic mass is 9.96. The first-order chi connectivity index (χ1) is 17.2. The van der Waals surface area contributed by atoms with Crippen LogP contribution in [0, 0.1) is 5.82 Å². The van der Waals surface area contributed by atoms with Gasteiger partial charge in [-0.3, -0.25) is 14.5 Å². The quantitative estimate of drug-likeness (QED) is 0.401. The number of amides is 1. The molecule has 4 heterocycles. The topological polar surface area (TPSA) is 89.9 Å². The molecule has 0 spiro atoms. The maximum Gasteiger partial charge on any atom is 0.417 e. The number of likely N-dealkylation sites (tertiary alicyclic amines) is 1. The summed E-state index contributed by atoms with van der Waals surface area (Å²) >= 11 is 0. The number of hydrogen-bond donors (Lipinski definition) is 1. The lowest BCUT2D eigenvalue weighted by Gasteiger charge is -2.35. The highest BCUT2D eigenvalue weighted by molar-refractivity contribution is 5.95. The summed E-state index contributed by atoms with van der Waals surface area (Å²) in [6.45, 7) is 0.509. The van der Waals surface area contributed by atoms with Crippen LogP contribution >= 0.6 is 0 Å². The van der Waals surface area contributed by atoms with Crippen molar-refractivity contribution in [3.05, 3.63) is 83.2 Å². The summed E-state index contributed by atoms with van der Waals surface area (Å²) < 4.78 is 55.4. The Morgan fingerprint density at radius 2 is 1.94 bits per heavy atom. The fraction of sp³-hybridized carbons (Fsp3) is 0.280. The largest absolute Gasteiger partial charge is 0.417 e. The normalized spacial score (nSPS) is 16.4. The molecule has 1 unspecified atom stereocenters. The van der Waals surface area contributed by atoms with Gasteiger partial charge < -0.3 is 10.6 Å². The van der Waals surface area contributed by atoms with Gasteiger partial charge in [0.15, 0.2) is 0 Å². The first-order valence-corrected chi connectivity index (χ1v) is 11.4. The molecule has 1 fully saturated rings. The number of halogens is 4. The minimum Gasteiger partial charge on any atom is -0.384 e. The molecule has 11 heteroatoms. The summed E-state index contributed by atoms with van der Waals surface area (Å²) in [5, 5.41) is 4.95. The van der Waals surface area contributed by atoms with E-state index in [-0.39, 0.29) is 23.7 Å². The Morgan fingerprint density at radius 1 is 1.11 bits per heavy atom. The van der Waals surface area contributed by atoms with E-state index < -0.39 is 23.6 Å². The third-order valence-electron chi connectivity index (χ3n) is 6.33. The molecule has 0 bridgehead atoms. The number of nitrogens with two attached hydrogens (primary N) is 1. The molecule has 0 saturated carbocycles. The average Bonchev–Trinajstić information content (AvgIpc) is 3.23. The van der Waals surface area contributed by atoms with Gasteiger partial charge in [0.1, 0.15) is 11.6 Å². The fourth-order valence-corrected chi connectivity index (χ4v) is 4.61. The van der Waals surface area contributed by atoms with Crippen LogP contribution in [-0.4, -0.2) is 37.1 Å². The van der Waals surface area contributed by atoms with Crippen LogP contribution in [0.2, 0.25) is 0 Å². The first kappa shape index (κ1) is 23.7. The number of nitrogens with zero attached hydrogens (tertiary/aromatic N) is 5. The lowest BCUT2D eigenvalue weighted by molar-refractivity contribution is -0.137. The van der Waals surface area contributed by atoms with Gasteiger partial charge in [-0.25, -0.2) is 9.37 Å². The summed E-state index contributed by atoms with van der Waals surface area (Å²) in [6.07, 6.45) is -0.0512. The molecule has 0 radical (unpaired) electrons. The number of rotatable bonds is 4. The smallest absolute Gasteiger partial charge is 0.384 e. The summed E-state index contributed by atoms with van der Waals surface area (Å²) in [6, 6.07) is 9.39. The maximum absolute atomic E-state index is 15.1. The molecular formula is C25H22F4N6O. The molecule has 5 rings (SSSR count). The molecule has 0 aliphatic carbocycles. The van der Waals surface area contributed by atoms with Gasteiger partial charge in [-0.1, -0.05) is 6.07 Å². The fourth-order valence-electron chi connectivity index (χ4n) is 4.61. The third-order valence-corrected chi connectivity index (χ3v) is 6.33. The number of fused-ring (bicyclic) bond motifs is 1. The summed E-state index contributed by atoms with van der Waals surface area (Å²) in [5.41, 5.74) is 6.51. The number of anilines is 1. The van der Waals surface area contributed by atoms with Crippen molar-refractivity contribution in [3.8, 4) is 0 Å². The second-order valence-corrected chi connectivity index (χ2v) is 8.69. The molecule has 1 aliphatic rings. The summed E-state index contributed by atoms with van der Waals surface area (Å²) in [4.78, 5) is 22.9. The van der Waals surface area contributed by atoms with Gasteiger partial charge in [0.25, 0.3) is 5.91 Å². The zero-order chi connectivity index (χ0) is 25.4. The van der Waals surface area contributed by atoms with Crippen LogP contribution in [0.5, 0.6) is 0 Å². The van der Waals surface area contributed by atoms with Crippen LogP contribution in [0.1, 0.15) is 52.6 Å². The molecule has 36 heavy (non-hydrogen) atoms. The van der Waals surface area contributed by atoms with E-state index in [1.165, 1.54) is 29.1 Å². The molecule has 3 aromatic heterocycles. The molecule has 2 N–H and O–H groups in total. The van der Waals surface area contributed by atoms with Crippen molar-refractivity contribution in [1.82, 2.24) is 24.6 Å². The lowest BCUT2D eigenvalue weighted by Crippen LogP contribution is -2.39. The zero-order valence-corrected chi connectivity index (χ0v) is 19.0. The van der Waals surface area contributed by atoms with Crippen molar-refractivity contribution in [2.24, 2.45) is 0 Å². The number of alkyl halides is 3. The van der Waals surface area contributed by atoms with Crippen LogP contribution in [0.4, 0.5) is 23.4 Å². The number of carbonyl (C=O) groups is 1. The van der Waals surface area contributed by atoms with Crippen LogP contribution in [-0.2, 0) is 12.7 Å². The average molecular weight is 498 g/mol. The van der Waals surface area contributed by atoms with E-state index in [1.807, 2.05) is 0 Å². The van der Waals surface area contributed by atoms with Crippen molar-refractivity contribution in [2.75, 3.05) is 12.3 Å². The van der Waals surface area contributed by atoms with Gasteiger partial charge >= 0.3 is 6.18 Å². The molecule has 186 valence electrons. The number of pyridine rings is 2. The zero-order valence-electron chi connectivity index (χ0n) is 19.0. The number of benzene rings is 1. The predicted molar refractivity (Wildman–Crippen MR) is 124 cm³/mol. The van der Waals surface area contributed by atoms with Crippen molar-refractivity contribution in [2.45, 2.75) is 38.0 Å². The molecule has 1 aromatic carbocycles. The molecular weight excluding hydrogens is 476 g/mol. The molecule has 1 aliphatic heterocycles. The number of aromatic nitrogens is 4. The second-order valence-electron chi connectivity index (χ2n) is 8.69. The Kier molecular flexibility index (Phi) is 6.07. The predicted octanol–water partition coefficient (Wildman–Crippen LogP) is 4.98. The highest BCUT2D eigenvalue weighted by atomic mass is 19.4. The number of piperidine rings is 1. The van der Waals surface area contributed by atoms with Gasteiger partial charge in [0, 0.05) is 24.5 Å². The van der Waals surface area contributed by atoms with Crippen LogP contribution < -0.4 is 5.73 Å². The number of nitrogen functional groups attached to an aromatic ring is 1. The Morgan fingerprint density at radius 3 is 2.67 bits per heavy atom. The Bertz CT molecular complexity index is 1420. The van der Waals surface area contributed by atoms with E-state index in [9.17, 15) is 18.0 Å². The maximum atomic E-state index is 15.1. The number of carbonyl (C=O) groups excluding carboxylic acids is 1. The monoisotopic (exact) mass is 498 g/mol. The second kappa shape index (κ2) is 9.21. The van der Waals surface area contributed by atoms with E-state index in [0.29, 0.717) is 35.4 Å². The molecule has 7 nitrogen and oxygen atoms in total. The van der Waals surface area contributed by atoms with Gasteiger partial charge in [-0.2, -0.15) is 18.3 Å². The van der Waals surface area contributed by atoms with Gasteiger partial charge in [-0.05, 0) is 55.7 Å². The highest BCUT2D eigenvalue weighted by Crippen LogP contribution is 2.37. The molecule has 1 saturated heterocycles. The van der Waals surface area contributed by atoms with Crippen LogP contribution in [0.15, 0.2) is 54.9 Å². The van der Waals surface area contributed by atoms with E-state index in [4.69, 9.17) is 5.73 Å². The van der Waals surface area contributed by atoms with Gasteiger partial charge in [0.2, 0.25) is 0 Å². The van der Waals surface area contributed by atoms with Gasteiger partial charge in [-0.15, -0.1) is 0 Å². The Balaban J connectivity index is 1.53. The van der Waals surface area contributed by atoms with Crippen molar-refractivity contribution >= 4 is 22.6 Å². The summed E-state index contributed by atoms with van der Waals surface area (Å²) in [5.74, 6) is -0.517.